The summed E-state index contributed by atoms with van der Waals surface area (Å²) in [5.41, 5.74) is 0.484. The Bertz CT molecular complexity index is 393. The maximum absolute atomic E-state index is 11.8. The van der Waals surface area contributed by atoms with E-state index in [0.717, 1.165) is 30.0 Å². The van der Waals surface area contributed by atoms with Crippen LogP contribution in [0.25, 0.3) is 0 Å². The summed E-state index contributed by atoms with van der Waals surface area (Å²) >= 11 is 1.64. The number of hydrogen-bond donors (Lipinski definition) is 0. The van der Waals surface area contributed by atoms with E-state index >= 15 is 0 Å². The lowest BCUT2D eigenvalue weighted by molar-refractivity contribution is -0.151. The van der Waals surface area contributed by atoms with Gasteiger partial charge >= 0.3 is 5.97 Å². The van der Waals surface area contributed by atoms with Crippen LogP contribution in [-0.2, 0) is 14.9 Å². The van der Waals surface area contributed by atoms with Crippen LogP contribution in [0, 0.1) is 0 Å². The van der Waals surface area contributed by atoms with Gasteiger partial charge in [0.1, 0.15) is 5.41 Å². The average Bonchev–Trinajstić information content (AvgIpc) is 2.65. The third-order valence-corrected chi connectivity index (χ3v) is 4.43. The second kappa shape index (κ2) is 4.17. The molecule has 1 aliphatic carbocycles. The number of carbonyl (C=O) groups is 1. The van der Waals surface area contributed by atoms with Crippen molar-refractivity contribution < 1.29 is 9.53 Å². The highest BCUT2D eigenvalue weighted by Gasteiger charge is 2.48. The minimum atomic E-state index is -0.432. The number of esters is 1. The SMILES string of the molecule is COC(=O)C1(c2csc(C(C)C)n2)CCC1. The molecule has 1 aromatic heterocycles. The zero-order chi connectivity index (χ0) is 11.8. The van der Waals surface area contributed by atoms with Gasteiger partial charge in [0.25, 0.3) is 0 Å². The molecule has 16 heavy (non-hydrogen) atoms. The number of methoxy groups -OCH3 is 1. The summed E-state index contributed by atoms with van der Waals surface area (Å²) in [7, 11) is 1.46. The van der Waals surface area contributed by atoms with Gasteiger partial charge in [-0.2, -0.15) is 0 Å². The molecular formula is C12H17NO2S. The Labute approximate surface area is 99.8 Å². The van der Waals surface area contributed by atoms with Crippen LogP contribution in [-0.4, -0.2) is 18.1 Å². The zero-order valence-corrected chi connectivity index (χ0v) is 10.8. The molecule has 1 heterocycles. The van der Waals surface area contributed by atoms with Crippen molar-refractivity contribution in [2.45, 2.75) is 44.4 Å². The van der Waals surface area contributed by atoms with E-state index in [0.29, 0.717) is 5.92 Å². The Morgan fingerprint density at radius 1 is 1.56 bits per heavy atom. The molecule has 0 atom stereocenters. The Hall–Kier alpha value is -0.900. The standard InChI is InChI=1S/C12H17NO2S/c1-8(2)10-13-9(7-16-10)12(5-4-6-12)11(14)15-3/h7-8H,4-6H2,1-3H3. The van der Waals surface area contributed by atoms with E-state index in [1.54, 1.807) is 11.3 Å². The van der Waals surface area contributed by atoms with Crippen molar-refractivity contribution in [3.05, 3.63) is 16.1 Å². The van der Waals surface area contributed by atoms with E-state index in [2.05, 4.69) is 18.8 Å². The molecule has 1 fully saturated rings. The first kappa shape index (κ1) is 11.6. The molecule has 1 aromatic rings. The van der Waals surface area contributed by atoms with Crippen molar-refractivity contribution in [2.75, 3.05) is 7.11 Å². The van der Waals surface area contributed by atoms with E-state index in [4.69, 9.17) is 4.74 Å². The minimum Gasteiger partial charge on any atom is -0.468 e. The van der Waals surface area contributed by atoms with Crippen LogP contribution in [0.2, 0.25) is 0 Å². The third-order valence-electron chi connectivity index (χ3n) is 3.29. The third kappa shape index (κ3) is 1.65. The molecule has 0 aliphatic heterocycles. The van der Waals surface area contributed by atoms with Crippen molar-refractivity contribution in [1.29, 1.82) is 0 Å². The van der Waals surface area contributed by atoms with Crippen LogP contribution < -0.4 is 0 Å². The maximum atomic E-state index is 11.8. The fourth-order valence-electron chi connectivity index (χ4n) is 2.06. The van der Waals surface area contributed by atoms with Crippen molar-refractivity contribution in [3.8, 4) is 0 Å². The number of rotatable bonds is 3. The first-order chi connectivity index (χ1) is 7.60. The van der Waals surface area contributed by atoms with Gasteiger partial charge in [0.15, 0.2) is 0 Å². The summed E-state index contributed by atoms with van der Waals surface area (Å²) in [5.74, 6) is 0.299. The second-order valence-electron chi connectivity index (χ2n) is 4.65. The molecule has 0 unspecified atom stereocenters. The summed E-state index contributed by atoms with van der Waals surface area (Å²) < 4.78 is 4.91. The molecule has 0 saturated heterocycles. The van der Waals surface area contributed by atoms with Gasteiger partial charge in [-0.1, -0.05) is 20.3 Å². The Morgan fingerprint density at radius 3 is 2.62 bits per heavy atom. The predicted molar refractivity (Wildman–Crippen MR) is 63.7 cm³/mol. The number of nitrogens with zero attached hydrogens (tertiary/aromatic N) is 1. The normalized spacial score (nSPS) is 18.2. The molecule has 4 heteroatoms. The fourth-order valence-corrected chi connectivity index (χ4v) is 3.00. The number of carbonyl (C=O) groups excluding carboxylic acids is 1. The smallest absolute Gasteiger partial charge is 0.317 e. The van der Waals surface area contributed by atoms with Gasteiger partial charge in [-0.25, -0.2) is 4.98 Å². The number of ether oxygens (including phenoxy) is 1. The lowest BCUT2D eigenvalue weighted by Gasteiger charge is -2.37. The van der Waals surface area contributed by atoms with Crippen molar-refractivity contribution in [2.24, 2.45) is 0 Å². The second-order valence-corrected chi connectivity index (χ2v) is 5.54. The van der Waals surface area contributed by atoms with Crippen LogP contribution in [0.5, 0.6) is 0 Å². The molecule has 0 N–H and O–H groups in total. The molecular weight excluding hydrogens is 222 g/mol. The van der Waals surface area contributed by atoms with Gasteiger partial charge in [0.2, 0.25) is 0 Å². The Balaban J connectivity index is 2.30. The van der Waals surface area contributed by atoms with E-state index in [1.807, 2.05) is 5.38 Å². The average molecular weight is 239 g/mol. The molecule has 0 bridgehead atoms. The first-order valence-electron chi connectivity index (χ1n) is 5.64. The molecule has 1 aliphatic rings. The number of thiazole rings is 1. The zero-order valence-electron chi connectivity index (χ0n) is 9.95. The van der Waals surface area contributed by atoms with Gasteiger partial charge in [-0.3, -0.25) is 4.79 Å². The molecule has 0 radical (unpaired) electrons. The van der Waals surface area contributed by atoms with Crippen molar-refractivity contribution in [3.63, 3.8) is 0 Å². The summed E-state index contributed by atoms with van der Waals surface area (Å²) in [5, 5.41) is 3.12. The largest absolute Gasteiger partial charge is 0.468 e. The summed E-state index contributed by atoms with van der Waals surface area (Å²) in [6.45, 7) is 4.24. The van der Waals surface area contributed by atoms with E-state index in [1.165, 1.54) is 7.11 Å². The first-order valence-corrected chi connectivity index (χ1v) is 6.52. The van der Waals surface area contributed by atoms with Crippen LogP contribution in [0.4, 0.5) is 0 Å². The van der Waals surface area contributed by atoms with Gasteiger partial charge in [0, 0.05) is 11.3 Å². The molecule has 2 rings (SSSR count). The molecule has 3 nitrogen and oxygen atoms in total. The summed E-state index contributed by atoms with van der Waals surface area (Å²) in [6, 6.07) is 0. The van der Waals surface area contributed by atoms with E-state index < -0.39 is 5.41 Å². The van der Waals surface area contributed by atoms with Gasteiger partial charge in [-0.05, 0) is 12.8 Å². The van der Waals surface area contributed by atoms with Crippen LogP contribution in [0.1, 0.15) is 49.7 Å². The maximum Gasteiger partial charge on any atom is 0.317 e. The Kier molecular flexibility index (Phi) is 3.02. The fraction of sp³-hybridized carbons (Fsp3) is 0.667. The van der Waals surface area contributed by atoms with Gasteiger partial charge in [-0.15, -0.1) is 11.3 Å². The van der Waals surface area contributed by atoms with Crippen molar-refractivity contribution >= 4 is 17.3 Å². The monoisotopic (exact) mass is 239 g/mol. The lowest BCUT2D eigenvalue weighted by Crippen LogP contribution is -2.43. The highest BCUT2D eigenvalue weighted by atomic mass is 32.1. The summed E-state index contributed by atoms with van der Waals surface area (Å²) in [6.07, 6.45) is 2.84. The van der Waals surface area contributed by atoms with E-state index in [9.17, 15) is 4.79 Å². The highest BCUT2D eigenvalue weighted by molar-refractivity contribution is 7.09. The van der Waals surface area contributed by atoms with Crippen LogP contribution >= 0.6 is 11.3 Å². The minimum absolute atomic E-state index is 0.126. The van der Waals surface area contributed by atoms with Gasteiger partial charge in [0.05, 0.1) is 17.8 Å². The molecule has 88 valence electrons. The summed E-state index contributed by atoms with van der Waals surface area (Å²) in [4.78, 5) is 16.4. The van der Waals surface area contributed by atoms with Crippen molar-refractivity contribution in [1.82, 2.24) is 4.98 Å². The lowest BCUT2D eigenvalue weighted by atomic mass is 9.67. The molecule has 1 saturated carbocycles. The number of aromatic nitrogens is 1. The highest BCUT2D eigenvalue weighted by Crippen LogP contribution is 2.45. The number of hydrogen-bond acceptors (Lipinski definition) is 4. The van der Waals surface area contributed by atoms with Crippen LogP contribution in [0.3, 0.4) is 0 Å². The van der Waals surface area contributed by atoms with Crippen LogP contribution in [0.15, 0.2) is 5.38 Å². The quantitative estimate of drug-likeness (QED) is 0.761. The predicted octanol–water partition coefficient (Wildman–Crippen LogP) is 2.86. The molecule has 0 amide bonds. The van der Waals surface area contributed by atoms with Gasteiger partial charge < -0.3 is 4.74 Å². The molecule has 0 spiro atoms. The topological polar surface area (TPSA) is 39.2 Å². The van der Waals surface area contributed by atoms with E-state index in [-0.39, 0.29) is 5.97 Å². The molecule has 0 aromatic carbocycles. The Morgan fingerprint density at radius 2 is 2.25 bits per heavy atom.